The van der Waals surface area contributed by atoms with Crippen LogP contribution in [0.5, 0.6) is 0 Å². The highest BCUT2D eigenvalue weighted by atomic mass is 79.9. The van der Waals surface area contributed by atoms with E-state index in [1.165, 1.54) is 5.56 Å². The van der Waals surface area contributed by atoms with Gasteiger partial charge in [-0.1, -0.05) is 35.0 Å². The molecule has 0 aliphatic rings. The van der Waals surface area contributed by atoms with Gasteiger partial charge < -0.3 is 4.79 Å². The predicted octanol–water partition coefficient (Wildman–Crippen LogP) is 3.22. The van der Waals surface area contributed by atoms with E-state index in [1.54, 1.807) is 0 Å². The molecule has 0 heterocycles. The summed E-state index contributed by atoms with van der Waals surface area (Å²) in [5.41, 5.74) is 1.29. The maximum atomic E-state index is 10.4. The zero-order valence-corrected chi connectivity index (χ0v) is 9.25. The fraction of sp³-hybridized carbons (Fsp3) is 0.364. The van der Waals surface area contributed by atoms with Crippen molar-refractivity contribution < 1.29 is 4.79 Å². The molecular weight excluding hydrogens is 228 g/mol. The van der Waals surface area contributed by atoms with E-state index in [9.17, 15) is 4.79 Å². The molecule has 1 rings (SSSR count). The lowest BCUT2D eigenvalue weighted by Crippen LogP contribution is -1.97. The summed E-state index contributed by atoms with van der Waals surface area (Å²) in [5.74, 6) is 0.170. The summed E-state index contributed by atoms with van der Waals surface area (Å²) >= 11 is 3.38. The molecule has 70 valence electrons. The van der Waals surface area contributed by atoms with Crippen LogP contribution in [0.3, 0.4) is 0 Å². The average molecular weight is 241 g/mol. The van der Waals surface area contributed by atoms with Gasteiger partial charge in [-0.05, 0) is 30.5 Å². The standard InChI is InChI=1S/C11H13BrO/c1-9(8-13)2-3-10-4-6-11(12)7-5-10/h4-9H,2-3H2,1H3. The molecule has 0 aromatic heterocycles. The Hall–Kier alpha value is -0.630. The van der Waals surface area contributed by atoms with E-state index in [2.05, 4.69) is 28.1 Å². The van der Waals surface area contributed by atoms with Crippen LogP contribution < -0.4 is 0 Å². The first kappa shape index (κ1) is 10.5. The van der Waals surface area contributed by atoms with Crippen LogP contribution in [0.25, 0.3) is 0 Å². The van der Waals surface area contributed by atoms with E-state index in [0.29, 0.717) is 0 Å². The van der Waals surface area contributed by atoms with Crippen LogP contribution in [0.4, 0.5) is 0 Å². The minimum atomic E-state index is 0.170. The number of carbonyl (C=O) groups is 1. The van der Waals surface area contributed by atoms with Crippen LogP contribution >= 0.6 is 15.9 Å². The lowest BCUT2D eigenvalue weighted by molar-refractivity contribution is -0.110. The van der Waals surface area contributed by atoms with Gasteiger partial charge >= 0.3 is 0 Å². The van der Waals surface area contributed by atoms with Crippen molar-refractivity contribution in [2.75, 3.05) is 0 Å². The molecule has 0 N–H and O–H groups in total. The van der Waals surface area contributed by atoms with Gasteiger partial charge in [0.15, 0.2) is 0 Å². The van der Waals surface area contributed by atoms with Crippen molar-refractivity contribution in [2.24, 2.45) is 5.92 Å². The van der Waals surface area contributed by atoms with Gasteiger partial charge in [0.25, 0.3) is 0 Å². The normalized spacial score (nSPS) is 12.5. The van der Waals surface area contributed by atoms with Gasteiger partial charge in [0.2, 0.25) is 0 Å². The minimum absolute atomic E-state index is 0.170. The fourth-order valence-electron chi connectivity index (χ4n) is 1.11. The van der Waals surface area contributed by atoms with Gasteiger partial charge in [-0.2, -0.15) is 0 Å². The van der Waals surface area contributed by atoms with Crippen molar-refractivity contribution in [2.45, 2.75) is 19.8 Å². The lowest BCUT2D eigenvalue weighted by Gasteiger charge is -2.03. The second-order valence-corrected chi connectivity index (χ2v) is 4.19. The molecule has 1 aromatic rings. The van der Waals surface area contributed by atoms with E-state index < -0.39 is 0 Å². The van der Waals surface area contributed by atoms with Gasteiger partial charge in [0.05, 0.1) is 0 Å². The molecule has 0 amide bonds. The third-order valence-electron chi connectivity index (χ3n) is 2.03. The van der Waals surface area contributed by atoms with E-state index in [-0.39, 0.29) is 5.92 Å². The number of hydrogen-bond donors (Lipinski definition) is 0. The van der Waals surface area contributed by atoms with E-state index in [1.807, 2.05) is 19.1 Å². The summed E-state index contributed by atoms with van der Waals surface area (Å²) in [4.78, 5) is 10.4. The van der Waals surface area contributed by atoms with Crippen molar-refractivity contribution in [1.29, 1.82) is 0 Å². The molecule has 13 heavy (non-hydrogen) atoms. The highest BCUT2D eigenvalue weighted by Gasteiger charge is 1.99. The van der Waals surface area contributed by atoms with Crippen molar-refractivity contribution in [1.82, 2.24) is 0 Å². The Labute approximate surface area is 87.3 Å². The van der Waals surface area contributed by atoms with Gasteiger partial charge in [-0.3, -0.25) is 0 Å². The van der Waals surface area contributed by atoms with Crippen molar-refractivity contribution >= 4 is 22.2 Å². The third kappa shape index (κ3) is 3.73. The molecule has 1 aromatic carbocycles. The predicted molar refractivity (Wildman–Crippen MR) is 57.7 cm³/mol. The summed E-state index contributed by atoms with van der Waals surface area (Å²) in [6, 6.07) is 8.23. The molecule has 0 spiro atoms. The molecule has 0 aliphatic carbocycles. The molecule has 0 fully saturated rings. The lowest BCUT2D eigenvalue weighted by atomic mass is 10.0. The maximum absolute atomic E-state index is 10.4. The smallest absolute Gasteiger partial charge is 0.122 e. The molecule has 0 saturated heterocycles. The number of halogens is 1. The van der Waals surface area contributed by atoms with Crippen LogP contribution in [-0.2, 0) is 11.2 Å². The summed E-state index contributed by atoms with van der Waals surface area (Å²) < 4.78 is 1.10. The van der Waals surface area contributed by atoms with E-state index >= 15 is 0 Å². The summed E-state index contributed by atoms with van der Waals surface area (Å²) in [7, 11) is 0. The van der Waals surface area contributed by atoms with E-state index in [0.717, 1.165) is 23.6 Å². The number of benzene rings is 1. The van der Waals surface area contributed by atoms with Gasteiger partial charge in [-0.25, -0.2) is 0 Å². The monoisotopic (exact) mass is 240 g/mol. The summed E-state index contributed by atoms with van der Waals surface area (Å²) in [5, 5.41) is 0. The van der Waals surface area contributed by atoms with Crippen LogP contribution in [0, 0.1) is 5.92 Å². The highest BCUT2D eigenvalue weighted by molar-refractivity contribution is 9.10. The van der Waals surface area contributed by atoms with Gasteiger partial charge in [0.1, 0.15) is 6.29 Å². The molecule has 1 nitrogen and oxygen atoms in total. The SMILES string of the molecule is CC(C=O)CCc1ccc(Br)cc1. The number of rotatable bonds is 4. The first-order chi connectivity index (χ1) is 6.22. The first-order valence-electron chi connectivity index (χ1n) is 4.42. The minimum Gasteiger partial charge on any atom is -0.303 e. The Morgan fingerprint density at radius 1 is 1.38 bits per heavy atom. The number of aldehydes is 1. The van der Waals surface area contributed by atoms with Crippen molar-refractivity contribution in [3.05, 3.63) is 34.3 Å². The molecule has 1 atom stereocenters. The highest BCUT2D eigenvalue weighted by Crippen LogP contribution is 2.13. The second kappa shape index (κ2) is 5.18. The van der Waals surface area contributed by atoms with E-state index in [4.69, 9.17) is 0 Å². The summed E-state index contributed by atoms with van der Waals surface area (Å²) in [6.07, 6.45) is 2.93. The Kier molecular flexibility index (Phi) is 4.16. The molecular formula is C11H13BrO. The second-order valence-electron chi connectivity index (χ2n) is 3.28. The number of hydrogen-bond acceptors (Lipinski definition) is 1. The zero-order chi connectivity index (χ0) is 9.68. The quantitative estimate of drug-likeness (QED) is 0.739. The maximum Gasteiger partial charge on any atom is 0.122 e. The Bertz CT molecular complexity index is 266. The third-order valence-corrected chi connectivity index (χ3v) is 2.56. The molecule has 0 saturated carbocycles. The van der Waals surface area contributed by atoms with Crippen LogP contribution in [0.2, 0.25) is 0 Å². The summed E-state index contributed by atoms with van der Waals surface area (Å²) in [6.45, 7) is 1.95. The Morgan fingerprint density at radius 3 is 2.54 bits per heavy atom. The van der Waals surface area contributed by atoms with Crippen LogP contribution in [0.15, 0.2) is 28.7 Å². The Balaban J connectivity index is 2.45. The molecule has 0 radical (unpaired) electrons. The van der Waals surface area contributed by atoms with Gasteiger partial charge in [-0.15, -0.1) is 0 Å². The molecule has 0 bridgehead atoms. The van der Waals surface area contributed by atoms with Crippen LogP contribution in [0.1, 0.15) is 18.9 Å². The topological polar surface area (TPSA) is 17.1 Å². The first-order valence-corrected chi connectivity index (χ1v) is 5.21. The van der Waals surface area contributed by atoms with Gasteiger partial charge in [0, 0.05) is 10.4 Å². The Morgan fingerprint density at radius 2 is 2.00 bits per heavy atom. The largest absolute Gasteiger partial charge is 0.303 e. The molecule has 2 heteroatoms. The molecule has 1 unspecified atom stereocenters. The fourth-order valence-corrected chi connectivity index (χ4v) is 1.38. The average Bonchev–Trinajstić information content (AvgIpc) is 2.16. The number of aryl methyl sites for hydroxylation is 1. The molecule has 0 aliphatic heterocycles. The number of carbonyl (C=O) groups excluding carboxylic acids is 1. The van der Waals surface area contributed by atoms with Crippen LogP contribution in [-0.4, -0.2) is 6.29 Å². The van der Waals surface area contributed by atoms with Crippen molar-refractivity contribution in [3.63, 3.8) is 0 Å². The van der Waals surface area contributed by atoms with Crippen molar-refractivity contribution in [3.8, 4) is 0 Å². The zero-order valence-electron chi connectivity index (χ0n) is 7.66.